The Balaban J connectivity index is 1.56. The zero-order chi connectivity index (χ0) is 19.1. The number of benzene rings is 2. The molecule has 140 valence electrons. The Bertz CT molecular complexity index is 1180. The first-order valence-electron chi connectivity index (χ1n) is 8.83. The Morgan fingerprint density at radius 2 is 1.89 bits per heavy atom. The van der Waals surface area contributed by atoms with Crippen LogP contribution in [0.2, 0.25) is 0 Å². The third-order valence-corrected chi connectivity index (χ3v) is 5.64. The maximum atomic E-state index is 14.6. The van der Waals surface area contributed by atoms with Crippen molar-refractivity contribution in [2.45, 2.75) is 0 Å². The minimum Gasteiger partial charge on any atom is -0.486 e. The van der Waals surface area contributed by atoms with Gasteiger partial charge < -0.3 is 14.4 Å². The molecule has 1 aliphatic heterocycles. The molecule has 0 amide bonds. The van der Waals surface area contributed by atoms with E-state index in [1.165, 1.54) is 6.20 Å². The van der Waals surface area contributed by atoms with E-state index in [2.05, 4.69) is 16.0 Å². The van der Waals surface area contributed by atoms with Crippen LogP contribution in [0.1, 0.15) is 0 Å². The molecule has 0 aliphatic carbocycles. The second-order valence-corrected chi connectivity index (χ2v) is 7.31. The number of rotatable bonds is 3. The fourth-order valence-electron chi connectivity index (χ4n) is 3.24. The smallest absolute Gasteiger partial charge is 0.184 e. The van der Waals surface area contributed by atoms with Crippen molar-refractivity contribution in [3.8, 4) is 22.9 Å². The van der Waals surface area contributed by atoms with Gasteiger partial charge in [-0.25, -0.2) is 14.4 Å². The maximum absolute atomic E-state index is 14.6. The fourth-order valence-corrected chi connectivity index (χ4v) is 4.18. The summed E-state index contributed by atoms with van der Waals surface area (Å²) in [5.74, 6) is 1.56. The lowest BCUT2D eigenvalue weighted by Gasteiger charge is -2.23. The van der Waals surface area contributed by atoms with Crippen LogP contribution in [0.3, 0.4) is 0 Å². The van der Waals surface area contributed by atoms with Gasteiger partial charge in [0.2, 0.25) is 0 Å². The van der Waals surface area contributed by atoms with Gasteiger partial charge in [-0.15, -0.1) is 11.3 Å². The Labute approximate surface area is 165 Å². The molecule has 4 aromatic rings. The molecule has 0 saturated carbocycles. The van der Waals surface area contributed by atoms with Gasteiger partial charge in [-0.3, -0.25) is 0 Å². The lowest BCUT2D eigenvalue weighted by Crippen LogP contribution is -2.17. The summed E-state index contributed by atoms with van der Waals surface area (Å²) in [7, 11) is 1.77. The molecule has 0 spiro atoms. The van der Waals surface area contributed by atoms with E-state index in [0.717, 1.165) is 21.3 Å². The van der Waals surface area contributed by atoms with Gasteiger partial charge in [0.15, 0.2) is 29.0 Å². The highest BCUT2D eigenvalue weighted by atomic mass is 32.1. The Morgan fingerprint density at radius 3 is 2.79 bits per heavy atom. The molecular formula is C21H16FN3O2S. The highest BCUT2D eigenvalue weighted by Crippen LogP contribution is 2.37. The standard InChI is InChI=1S/C21H16FN3O2S/c1-25(13-6-7-17-18(10-13)27-9-8-26-17)21-16(22)11-23-20(24-21)15-12-28-19-5-3-2-4-14(15)19/h2-7,10-12H,8-9H2,1H3. The van der Waals surface area contributed by atoms with Crippen molar-refractivity contribution in [2.75, 3.05) is 25.2 Å². The average molecular weight is 393 g/mol. The molecule has 5 rings (SSSR count). The van der Waals surface area contributed by atoms with Crippen molar-refractivity contribution in [2.24, 2.45) is 0 Å². The zero-order valence-corrected chi connectivity index (χ0v) is 15.9. The fraction of sp³-hybridized carbons (Fsp3) is 0.143. The SMILES string of the molecule is CN(c1ccc2c(c1)OCCO2)c1nc(-c2csc3ccccc23)ncc1F. The number of thiophene rings is 1. The molecule has 0 saturated heterocycles. The number of hydrogen-bond donors (Lipinski definition) is 0. The summed E-state index contributed by atoms with van der Waals surface area (Å²) in [5.41, 5.74) is 1.65. The first-order chi connectivity index (χ1) is 13.7. The van der Waals surface area contributed by atoms with Crippen molar-refractivity contribution >= 4 is 32.9 Å². The normalized spacial score (nSPS) is 12.9. The number of fused-ring (bicyclic) bond motifs is 2. The molecule has 3 heterocycles. The number of anilines is 2. The summed E-state index contributed by atoms with van der Waals surface area (Å²) in [6.45, 7) is 1.03. The molecule has 2 aromatic carbocycles. The van der Waals surface area contributed by atoms with Crippen LogP contribution in [0.4, 0.5) is 15.9 Å². The molecule has 1 aliphatic rings. The number of halogens is 1. The van der Waals surface area contributed by atoms with Crippen LogP contribution in [0.5, 0.6) is 11.5 Å². The summed E-state index contributed by atoms with van der Waals surface area (Å²) in [6.07, 6.45) is 1.22. The van der Waals surface area contributed by atoms with E-state index >= 15 is 0 Å². The second kappa shape index (κ2) is 6.76. The van der Waals surface area contributed by atoms with Crippen molar-refractivity contribution < 1.29 is 13.9 Å². The lowest BCUT2D eigenvalue weighted by atomic mass is 10.1. The molecule has 0 unspecified atom stereocenters. The number of nitrogens with zero attached hydrogens (tertiary/aromatic N) is 3. The molecule has 5 nitrogen and oxygen atoms in total. The van der Waals surface area contributed by atoms with E-state index in [0.29, 0.717) is 30.5 Å². The highest BCUT2D eigenvalue weighted by molar-refractivity contribution is 7.17. The van der Waals surface area contributed by atoms with Gasteiger partial charge >= 0.3 is 0 Å². The van der Waals surface area contributed by atoms with E-state index in [1.54, 1.807) is 23.3 Å². The van der Waals surface area contributed by atoms with E-state index in [1.807, 2.05) is 41.8 Å². The molecule has 28 heavy (non-hydrogen) atoms. The van der Waals surface area contributed by atoms with Gasteiger partial charge in [-0.05, 0) is 18.2 Å². The van der Waals surface area contributed by atoms with E-state index in [4.69, 9.17) is 9.47 Å². The van der Waals surface area contributed by atoms with Gasteiger partial charge in [-0.1, -0.05) is 18.2 Å². The molecule has 0 bridgehead atoms. The Kier molecular flexibility index (Phi) is 4.09. The van der Waals surface area contributed by atoms with Crippen LogP contribution in [0, 0.1) is 5.82 Å². The van der Waals surface area contributed by atoms with Gasteiger partial charge in [0.25, 0.3) is 0 Å². The third-order valence-electron chi connectivity index (χ3n) is 4.68. The average Bonchev–Trinajstić information content (AvgIpc) is 3.17. The van der Waals surface area contributed by atoms with Crippen molar-refractivity contribution in [1.82, 2.24) is 9.97 Å². The monoisotopic (exact) mass is 393 g/mol. The predicted molar refractivity (Wildman–Crippen MR) is 108 cm³/mol. The van der Waals surface area contributed by atoms with Crippen LogP contribution >= 0.6 is 11.3 Å². The maximum Gasteiger partial charge on any atom is 0.184 e. The number of hydrogen-bond acceptors (Lipinski definition) is 6. The molecular weight excluding hydrogens is 377 g/mol. The first kappa shape index (κ1) is 16.9. The quantitative estimate of drug-likeness (QED) is 0.488. The van der Waals surface area contributed by atoms with Crippen molar-refractivity contribution in [1.29, 1.82) is 0 Å². The first-order valence-corrected chi connectivity index (χ1v) is 9.71. The topological polar surface area (TPSA) is 47.5 Å². The zero-order valence-electron chi connectivity index (χ0n) is 15.1. The predicted octanol–water partition coefficient (Wildman–Crippen LogP) is 5.04. The van der Waals surface area contributed by atoms with E-state index < -0.39 is 5.82 Å². The van der Waals surface area contributed by atoms with Gasteiger partial charge in [0.05, 0.1) is 6.20 Å². The second-order valence-electron chi connectivity index (χ2n) is 6.40. The Hall–Kier alpha value is -3.19. The number of ether oxygens (including phenoxy) is 2. The summed E-state index contributed by atoms with van der Waals surface area (Å²) in [4.78, 5) is 10.4. The van der Waals surface area contributed by atoms with Crippen LogP contribution in [0.15, 0.2) is 54.0 Å². The summed E-state index contributed by atoms with van der Waals surface area (Å²) in [5, 5.41) is 3.07. The Morgan fingerprint density at radius 1 is 1.07 bits per heavy atom. The van der Waals surface area contributed by atoms with Gasteiger partial charge in [0.1, 0.15) is 13.2 Å². The minimum atomic E-state index is -0.485. The molecule has 0 atom stereocenters. The van der Waals surface area contributed by atoms with Gasteiger partial charge in [0, 0.05) is 39.8 Å². The highest BCUT2D eigenvalue weighted by Gasteiger charge is 2.19. The van der Waals surface area contributed by atoms with Gasteiger partial charge in [-0.2, -0.15) is 0 Å². The number of aromatic nitrogens is 2. The molecule has 0 N–H and O–H groups in total. The van der Waals surface area contributed by atoms with Crippen LogP contribution in [-0.4, -0.2) is 30.2 Å². The van der Waals surface area contributed by atoms with Crippen LogP contribution < -0.4 is 14.4 Å². The summed E-state index contributed by atoms with van der Waals surface area (Å²) in [6, 6.07) is 13.6. The molecule has 2 aromatic heterocycles. The van der Waals surface area contributed by atoms with Crippen LogP contribution in [-0.2, 0) is 0 Å². The largest absolute Gasteiger partial charge is 0.486 e. The minimum absolute atomic E-state index is 0.206. The van der Waals surface area contributed by atoms with Crippen molar-refractivity contribution in [3.05, 3.63) is 59.9 Å². The van der Waals surface area contributed by atoms with Crippen molar-refractivity contribution in [3.63, 3.8) is 0 Å². The van der Waals surface area contributed by atoms with E-state index in [9.17, 15) is 4.39 Å². The molecule has 0 fully saturated rings. The van der Waals surface area contributed by atoms with E-state index in [-0.39, 0.29) is 5.82 Å². The lowest BCUT2D eigenvalue weighted by molar-refractivity contribution is 0.171. The molecule has 0 radical (unpaired) electrons. The van der Waals surface area contributed by atoms with Crippen LogP contribution in [0.25, 0.3) is 21.5 Å². The summed E-state index contributed by atoms with van der Waals surface area (Å²) < 4.78 is 26.9. The molecule has 7 heteroatoms. The summed E-state index contributed by atoms with van der Waals surface area (Å²) >= 11 is 1.62. The third kappa shape index (κ3) is 2.84.